The first-order valence-electron chi connectivity index (χ1n) is 21.0. The summed E-state index contributed by atoms with van der Waals surface area (Å²) in [4.78, 5) is 11.0. The summed E-state index contributed by atoms with van der Waals surface area (Å²) in [7, 11) is 0. The van der Waals surface area contributed by atoms with Crippen molar-refractivity contribution in [3.05, 3.63) is 253 Å². The lowest BCUT2D eigenvalue weighted by molar-refractivity contribution is 0.768. The third-order valence-electron chi connectivity index (χ3n) is 12.8. The number of nitrogens with zero attached hydrogens (tertiary/aromatic N) is 2. The SMILES string of the molecule is c1ccc(-c2ccc(-c3cc(-c4ccc5c(c4)-c4ccccc4C5(c4ccccc4)c4ccccc4)nc(-c4c5ccccc5cc5c4ccc4ccccc45)n3)cc2)cc1. The molecule has 1 aliphatic carbocycles. The molecular weight excluding hydrogens is 737 g/mol. The Labute approximate surface area is 355 Å². The van der Waals surface area contributed by atoms with E-state index in [9.17, 15) is 0 Å². The zero-order valence-corrected chi connectivity index (χ0v) is 33.3. The summed E-state index contributed by atoms with van der Waals surface area (Å²) in [5.41, 5.74) is 14.3. The number of benzene rings is 10. The van der Waals surface area contributed by atoms with Crippen molar-refractivity contribution in [1.29, 1.82) is 0 Å². The summed E-state index contributed by atoms with van der Waals surface area (Å²) in [5.74, 6) is 0.709. The molecule has 0 unspecified atom stereocenters. The number of rotatable bonds is 6. The van der Waals surface area contributed by atoms with Crippen LogP contribution in [-0.4, -0.2) is 9.97 Å². The van der Waals surface area contributed by atoms with Gasteiger partial charge in [0.25, 0.3) is 0 Å². The molecule has 0 spiro atoms. The maximum absolute atomic E-state index is 5.57. The van der Waals surface area contributed by atoms with Crippen LogP contribution in [0.5, 0.6) is 0 Å². The van der Waals surface area contributed by atoms with Crippen molar-refractivity contribution in [3.8, 4) is 56.2 Å². The third kappa shape index (κ3) is 5.57. The van der Waals surface area contributed by atoms with Crippen LogP contribution < -0.4 is 0 Å². The quantitative estimate of drug-likeness (QED) is 0.124. The van der Waals surface area contributed by atoms with E-state index in [-0.39, 0.29) is 0 Å². The maximum Gasteiger partial charge on any atom is 0.161 e. The highest BCUT2D eigenvalue weighted by molar-refractivity contribution is 6.19. The second-order valence-corrected chi connectivity index (χ2v) is 16.0. The summed E-state index contributed by atoms with van der Waals surface area (Å²) in [5, 5.41) is 7.06. The standard InChI is InChI=1S/C59H38N2/c1-4-16-39(17-5-1)40-28-30-42(31-29-40)55-38-56(61-58(60-55)57-48-25-13-11-19-43(48)36-51-47-24-12-10-18-41(47)32-34-50(51)57)44-33-35-54-52(37-44)49-26-14-15-27-53(49)59(54,45-20-6-2-7-21-45)46-22-8-3-9-23-46/h1-38H. The fourth-order valence-corrected chi connectivity index (χ4v) is 9.99. The number of hydrogen-bond acceptors (Lipinski definition) is 2. The van der Waals surface area contributed by atoms with Crippen molar-refractivity contribution in [2.75, 3.05) is 0 Å². The monoisotopic (exact) mass is 774 g/mol. The van der Waals surface area contributed by atoms with Gasteiger partial charge in [0.2, 0.25) is 0 Å². The summed E-state index contributed by atoms with van der Waals surface area (Å²) >= 11 is 0. The van der Waals surface area contributed by atoms with Crippen LogP contribution in [0, 0.1) is 0 Å². The van der Waals surface area contributed by atoms with E-state index in [2.05, 4.69) is 231 Å². The van der Waals surface area contributed by atoms with Crippen LogP contribution in [0.4, 0.5) is 0 Å². The van der Waals surface area contributed by atoms with Gasteiger partial charge in [-0.2, -0.15) is 0 Å². The number of aromatic nitrogens is 2. The molecule has 11 aromatic rings. The molecule has 2 nitrogen and oxygen atoms in total. The van der Waals surface area contributed by atoms with Crippen LogP contribution in [-0.2, 0) is 5.41 Å². The van der Waals surface area contributed by atoms with E-state index < -0.39 is 5.41 Å². The summed E-state index contributed by atoms with van der Waals surface area (Å²) in [6, 6.07) is 83.5. The van der Waals surface area contributed by atoms with Gasteiger partial charge in [0.1, 0.15) is 0 Å². The molecule has 1 aliphatic rings. The van der Waals surface area contributed by atoms with Crippen molar-refractivity contribution < 1.29 is 0 Å². The molecule has 0 aliphatic heterocycles. The van der Waals surface area contributed by atoms with E-state index in [0.717, 1.165) is 44.2 Å². The highest BCUT2D eigenvalue weighted by Crippen LogP contribution is 2.56. The molecule has 2 heteroatoms. The lowest BCUT2D eigenvalue weighted by Crippen LogP contribution is -2.28. The van der Waals surface area contributed by atoms with Gasteiger partial charge >= 0.3 is 0 Å². The van der Waals surface area contributed by atoms with E-state index in [1.807, 2.05) is 0 Å². The summed E-state index contributed by atoms with van der Waals surface area (Å²) in [6.07, 6.45) is 0. The number of hydrogen-bond donors (Lipinski definition) is 0. The van der Waals surface area contributed by atoms with E-state index in [4.69, 9.17) is 9.97 Å². The van der Waals surface area contributed by atoms with Crippen LogP contribution in [0.3, 0.4) is 0 Å². The Morgan fingerprint density at radius 2 is 0.836 bits per heavy atom. The molecule has 0 amide bonds. The first kappa shape index (κ1) is 35.0. The fraction of sp³-hybridized carbons (Fsp3) is 0.0169. The molecule has 0 bridgehead atoms. The molecule has 0 radical (unpaired) electrons. The van der Waals surface area contributed by atoms with Crippen LogP contribution >= 0.6 is 0 Å². The molecule has 61 heavy (non-hydrogen) atoms. The van der Waals surface area contributed by atoms with Crippen molar-refractivity contribution in [2.24, 2.45) is 0 Å². The van der Waals surface area contributed by atoms with Crippen molar-refractivity contribution in [3.63, 3.8) is 0 Å². The van der Waals surface area contributed by atoms with Crippen LogP contribution in [0.15, 0.2) is 231 Å². The molecule has 0 fully saturated rings. The molecule has 0 saturated carbocycles. The van der Waals surface area contributed by atoms with Crippen molar-refractivity contribution in [1.82, 2.24) is 9.97 Å². The summed E-state index contributed by atoms with van der Waals surface area (Å²) < 4.78 is 0. The highest BCUT2D eigenvalue weighted by Gasteiger charge is 2.46. The van der Waals surface area contributed by atoms with Gasteiger partial charge in [-0.1, -0.05) is 212 Å². The van der Waals surface area contributed by atoms with Gasteiger partial charge in [-0.25, -0.2) is 9.97 Å². The Hall–Kier alpha value is -7.94. The topological polar surface area (TPSA) is 25.8 Å². The Kier molecular flexibility index (Phi) is 8.11. The molecule has 0 N–H and O–H groups in total. The average molecular weight is 775 g/mol. The Balaban J connectivity index is 1.11. The Morgan fingerprint density at radius 1 is 0.295 bits per heavy atom. The van der Waals surface area contributed by atoms with Crippen LogP contribution in [0.1, 0.15) is 22.3 Å². The van der Waals surface area contributed by atoms with Gasteiger partial charge in [-0.15, -0.1) is 0 Å². The van der Waals surface area contributed by atoms with E-state index in [1.165, 1.54) is 60.7 Å². The largest absolute Gasteiger partial charge is 0.228 e. The smallest absolute Gasteiger partial charge is 0.161 e. The zero-order chi connectivity index (χ0) is 40.3. The van der Waals surface area contributed by atoms with Crippen molar-refractivity contribution in [2.45, 2.75) is 5.41 Å². The van der Waals surface area contributed by atoms with E-state index in [1.54, 1.807) is 0 Å². The average Bonchev–Trinajstić information content (AvgIpc) is 3.64. The molecule has 0 saturated heterocycles. The first-order valence-corrected chi connectivity index (χ1v) is 21.0. The van der Waals surface area contributed by atoms with E-state index >= 15 is 0 Å². The van der Waals surface area contributed by atoms with E-state index in [0.29, 0.717) is 5.82 Å². The third-order valence-corrected chi connectivity index (χ3v) is 12.8. The second-order valence-electron chi connectivity index (χ2n) is 16.0. The van der Waals surface area contributed by atoms with Gasteiger partial charge in [-0.05, 0) is 95.0 Å². The Morgan fingerprint density at radius 3 is 1.57 bits per heavy atom. The van der Waals surface area contributed by atoms with Gasteiger partial charge in [0.05, 0.1) is 16.8 Å². The lowest BCUT2D eigenvalue weighted by atomic mass is 9.67. The highest BCUT2D eigenvalue weighted by atomic mass is 14.9. The van der Waals surface area contributed by atoms with Crippen molar-refractivity contribution >= 4 is 32.3 Å². The second kappa shape index (κ2) is 14.1. The lowest BCUT2D eigenvalue weighted by Gasteiger charge is -2.33. The molecule has 284 valence electrons. The minimum Gasteiger partial charge on any atom is -0.228 e. The first-order chi connectivity index (χ1) is 30.2. The molecule has 1 aromatic heterocycles. The molecular formula is C59H38N2. The predicted molar refractivity (Wildman–Crippen MR) is 254 cm³/mol. The van der Waals surface area contributed by atoms with Crippen LogP contribution in [0.25, 0.3) is 88.5 Å². The van der Waals surface area contributed by atoms with Crippen LogP contribution in [0.2, 0.25) is 0 Å². The molecule has 12 rings (SSSR count). The maximum atomic E-state index is 5.57. The van der Waals surface area contributed by atoms with Gasteiger partial charge in [0, 0.05) is 16.7 Å². The van der Waals surface area contributed by atoms with Gasteiger partial charge in [-0.3, -0.25) is 0 Å². The summed E-state index contributed by atoms with van der Waals surface area (Å²) in [6.45, 7) is 0. The predicted octanol–water partition coefficient (Wildman–Crippen LogP) is 15.0. The Bertz CT molecular complexity index is 3410. The minimum atomic E-state index is -0.472. The zero-order valence-electron chi connectivity index (χ0n) is 33.3. The fourth-order valence-electron chi connectivity index (χ4n) is 9.99. The molecule has 10 aromatic carbocycles. The number of fused-ring (bicyclic) bond motifs is 7. The van der Waals surface area contributed by atoms with Gasteiger partial charge < -0.3 is 0 Å². The molecule has 1 heterocycles. The minimum absolute atomic E-state index is 0.472. The normalized spacial score (nSPS) is 12.7. The molecule has 0 atom stereocenters. The van der Waals surface area contributed by atoms with Gasteiger partial charge in [0.15, 0.2) is 5.82 Å².